The van der Waals surface area contributed by atoms with Crippen molar-refractivity contribution in [3.05, 3.63) is 58.1 Å². The van der Waals surface area contributed by atoms with Gasteiger partial charge in [0.15, 0.2) is 0 Å². The van der Waals surface area contributed by atoms with Gasteiger partial charge in [-0.25, -0.2) is 0 Å². The van der Waals surface area contributed by atoms with Crippen LogP contribution in [0, 0.1) is 0 Å². The van der Waals surface area contributed by atoms with Crippen molar-refractivity contribution in [2.75, 3.05) is 6.61 Å². The Balaban J connectivity index is 1.67. The predicted octanol–water partition coefficient (Wildman–Crippen LogP) is 4.68. The minimum Gasteiger partial charge on any atom is -0.489 e. The second-order valence-corrected chi connectivity index (χ2v) is 6.45. The third-order valence-corrected chi connectivity index (χ3v) is 3.93. The van der Waals surface area contributed by atoms with Crippen molar-refractivity contribution in [2.24, 2.45) is 0 Å². The van der Waals surface area contributed by atoms with Crippen LogP contribution in [-0.2, 0) is 11.4 Å². The predicted molar refractivity (Wildman–Crippen MR) is 97.5 cm³/mol. The second kappa shape index (κ2) is 7.62. The molecule has 25 heavy (non-hydrogen) atoms. The van der Waals surface area contributed by atoms with Crippen LogP contribution in [0.25, 0.3) is 6.08 Å². The number of aldehydes is 1. The summed E-state index contributed by atoms with van der Waals surface area (Å²) in [7, 11) is 0. The van der Waals surface area contributed by atoms with Crippen molar-refractivity contribution in [1.82, 2.24) is 0 Å². The van der Waals surface area contributed by atoms with E-state index < -0.39 is 0 Å². The monoisotopic (exact) mass is 358 g/mol. The number of ether oxygens (including phenoxy) is 3. The molecule has 0 saturated carbocycles. The van der Waals surface area contributed by atoms with Gasteiger partial charge in [0.05, 0.1) is 11.1 Å². The molecule has 0 spiro atoms. The van der Waals surface area contributed by atoms with E-state index in [0.29, 0.717) is 34.5 Å². The maximum atomic E-state index is 10.8. The first kappa shape index (κ1) is 17.4. The van der Waals surface area contributed by atoms with Crippen molar-refractivity contribution < 1.29 is 19.0 Å². The summed E-state index contributed by atoms with van der Waals surface area (Å²) in [6.07, 6.45) is 2.70. The van der Waals surface area contributed by atoms with Gasteiger partial charge in [0, 0.05) is 17.2 Å². The first-order valence-corrected chi connectivity index (χ1v) is 8.43. The number of carbonyl (C=O) groups excluding carboxylic acids is 1. The Labute approximate surface area is 152 Å². The lowest BCUT2D eigenvalue weighted by Gasteiger charge is -2.16. The van der Waals surface area contributed by atoms with Gasteiger partial charge in [-0.3, -0.25) is 4.79 Å². The Bertz CT molecular complexity index is 811. The third-order valence-electron chi connectivity index (χ3n) is 3.64. The summed E-state index contributed by atoms with van der Waals surface area (Å²) in [5.41, 5.74) is 2.45. The van der Waals surface area contributed by atoms with Gasteiger partial charge in [-0.15, -0.1) is 0 Å². The number of hydrogen-bond donors (Lipinski definition) is 0. The zero-order chi connectivity index (χ0) is 17.8. The van der Waals surface area contributed by atoms with Crippen LogP contribution in [0.4, 0.5) is 0 Å². The first-order valence-electron chi connectivity index (χ1n) is 8.05. The molecule has 3 rings (SSSR count). The summed E-state index contributed by atoms with van der Waals surface area (Å²) in [6.45, 7) is 4.58. The molecule has 5 heteroatoms. The van der Waals surface area contributed by atoms with Crippen LogP contribution in [0.5, 0.6) is 17.2 Å². The molecule has 1 heterocycles. The fourth-order valence-electron chi connectivity index (χ4n) is 2.47. The number of hydrogen-bond acceptors (Lipinski definition) is 4. The lowest BCUT2D eigenvalue weighted by molar-refractivity contribution is -0.105. The highest BCUT2D eigenvalue weighted by Crippen LogP contribution is 2.31. The molecule has 0 bridgehead atoms. The SMILES string of the molecule is CC(C)Oc1ccc(COc2ccc3c(c2)OCC(C=O)=C3)cc1Cl. The van der Waals surface area contributed by atoms with Gasteiger partial charge in [0.25, 0.3) is 0 Å². The van der Waals surface area contributed by atoms with E-state index in [9.17, 15) is 4.79 Å². The molecule has 0 amide bonds. The fraction of sp³-hybridized carbons (Fsp3) is 0.250. The van der Waals surface area contributed by atoms with Crippen LogP contribution in [-0.4, -0.2) is 19.0 Å². The molecule has 130 valence electrons. The number of fused-ring (bicyclic) bond motifs is 1. The number of halogens is 1. The van der Waals surface area contributed by atoms with Gasteiger partial charge < -0.3 is 14.2 Å². The Hall–Kier alpha value is -2.46. The highest BCUT2D eigenvalue weighted by molar-refractivity contribution is 6.32. The number of rotatable bonds is 6. The second-order valence-electron chi connectivity index (χ2n) is 6.05. The highest BCUT2D eigenvalue weighted by Gasteiger charge is 2.12. The van der Waals surface area contributed by atoms with Gasteiger partial charge in [-0.1, -0.05) is 17.7 Å². The normalized spacial score (nSPS) is 12.9. The van der Waals surface area contributed by atoms with Crippen molar-refractivity contribution in [1.29, 1.82) is 0 Å². The van der Waals surface area contributed by atoms with Crippen molar-refractivity contribution in [3.8, 4) is 17.2 Å². The minimum atomic E-state index is 0.0730. The van der Waals surface area contributed by atoms with Crippen LogP contribution in [0.1, 0.15) is 25.0 Å². The Morgan fingerprint density at radius 1 is 1.24 bits per heavy atom. The van der Waals surface area contributed by atoms with Gasteiger partial charge in [0.1, 0.15) is 36.7 Å². The quantitative estimate of drug-likeness (QED) is 0.703. The van der Waals surface area contributed by atoms with Crippen LogP contribution in [0.3, 0.4) is 0 Å². The summed E-state index contributed by atoms with van der Waals surface area (Å²) >= 11 is 6.24. The zero-order valence-corrected chi connectivity index (χ0v) is 14.9. The molecule has 0 atom stereocenters. The topological polar surface area (TPSA) is 44.8 Å². The van der Waals surface area contributed by atoms with Gasteiger partial charge in [-0.05, 0) is 49.8 Å². The van der Waals surface area contributed by atoms with E-state index >= 15 is 0 Å². The Morgan fingerprint density at radius 2 is 2.08 bits per heavy atom. The van der Waals surface area contributed by atoms with E-state index in [4.69, 9.17) is 25.8 Å². The van der Waals surface area contributed by atoms with Crippen LogP contribution in [0.2, 0.25) is 5.02 Å². The lowest BCUT2D eigenvalue weighted by Crippen LogP contribution is -2.08. The number of benzene rings is 2. The van der Waals surface area contributed by atoms with Gasteiger partial charge in [-0.2, -0.15) is 0 Å². The lowest BCUT2D eigenvalue weighted by atomic mass is 10.1. The fourth-order valence-corrected chi connectivity index (χ4v) is 2.72. The Morgan fingerprint density at radius 3 is 2.80 bits per heavy atom. The summed E-state index contributed by atoms with van der Waals surface area (Å²) in [6, 6.07) is 11.2. The highest BCUT2D eigenvalue weighted by atomic mass is 35.5. The van der Waals surface area contributed by atoms with Crippen molar-refractivity contribution in [2.45, 2.75) is 26.6 Å². The van der Waals surface area contributed by atoms with E-state index in [1.54, 1.807) is 0 Å². The third kappa shape index (κ3) is 4.34. The largest absolute Gasteiger partial charge is 0.489 e. The number of carbonyl (C=O) groups is 1. The smallest absolute Gasteiger partial charge is 0.149 e. The summed E-state index contributed by atoms with van der Waals surface area (Å²) < 4.78 is 17.0. The summed E-state index contributed by atoms with van der Waals surface area (Å²) in [5.74, 6) is 2.07. The molecule has 2 aromatic carbocycles. The molecule has 0 aliphatic carbocycles. The van der Waals surface area contributed by atoms with Gasteiger partial charge in [0.2, 0.25) is 0 Å². The molecule has 0 radical (unpaired) electrons. The van der Waals surface area contributed by atoms with E-state index in [0.717, 1.165) is 17.4 Å². The molecule has 0 saturated heterocycles. The molecule has 4 nitrogen and oxygen atoms in total. The minimum absolute atomic E-state index is 0.0730. The maximum Gasteiger partial charge on any atom is 0.149 e. The van der Waals surface area contributed by atoms with E-state index in [1.165, 1.54) is 0 Å². The molecule has 1 aliphatic rings. The zero-order valence-electron chi connectivity index (χ0n) is 14.1. The molecule has 1 aliphatic heterocycles. The molecule has 2 aromatic rings. The first-order chi connectivity index (χ1) is 12.0. The molecular formula is C20H19ClO4. The average molecular weight is 359 g/mol. The molecular weight excluding hydrogens is 340 g/mol. The molecule has 0 unspecified atom stereocenters. The summed E-state index contributed by atoms with van der Waals surface area (Å²) in [4.78, 5) is 10.8. The summed E-state index contributed by atoms with van der Waals surface area (Å²) in [5, 5.41) is 0.565. The van der Waals surface area contributed by atoms with Crippen molar-refractivity contribution >= 4 is 24.0 Å². The van der Waals surface area contributed by atoms with Gasteiger partial charge >= 0.3 is 0 Å². The van der Waals surface area contributed by atoms with E-state index in [-0.39, 0.29) is 12.7 Å². The van der Waals surface area contributed by atoms with E-state index in [1.807, 2.05) is 56.3 Å². The molecule has 0 N–H and O–H groups in total. The standard InChI is InChI=1S/C20H19ClO4/c1-13(2)25-19-6-3-14(8-18(19)21)11-23-17-5-4-16-7-15(10-22)12-24-20(16)9-17/h3-10,13H,11-12H2,1-2H3. The van der Waals surface area contributed by atoms with Crippen molar-refractivity contribution in [3.63, 3.8) is 0 Å². The maximum absolute atomic E-state index is 10.8. The Kier molecular flexibility index (Phi) is 5.29. The van der Waals surface area contributed by atoms with Crippen LogP contribution < -0.4 is 14.2 Å². The molecule has 0 fully saturated rings. The van der Waals surface area contributed by atoms with Crippen LogP contribution in [0.15, 0.2) is 42.0 Å². The average Bonchev–Trinajstić information content (AvgIpc) is 2.61. The van der Waals surface area contributed by atoms with Crippen LogP contribution >= 0.6 is 11.6 Å². The van der Waals surface area contributed by atoms with E-state index in [2.05, 4.69) is 0 Å². The molecule has 0 aromatic heterocycles.